The highest BCUT2D eigenvalue weighted by Gasteiger charge is 2.21. The predicted octanol–water partition coefficient (Wildman–Crippen LogP) is 4.19. The van der Waals surface area contributed by atoms with Crippen molar-refractivity contribution in [3.8, 4) is 9.88 Å². The number of thiazole rings is 1. The minimum Gasteiger partial charge on any atom is -0.309 e. The van der Waals surface area contributed by atoms with Crippen molar-refractivity contribution < 1.29 is 0 Å². The molecule has 2 aromatic rings. The Balaban J connectivity index is 1.79. The van der Waals surface area contributed by atoms with Crippen LogP contribution >= 0.6 is 38.6 Å². The summed E-state index contributed by atoms with van der Waals surface area (Å²) >= 11 is 7.05. The monoisotopic (exact) mass is 328 g/mol. The molecule has 2 aromatic heterocycles. The van der Waals surface area contributed by atoms with Gasteiger partial charge in [-0.1, -0.05) is 0 Å². The Kier molecular flexibility index (Phi) is 3.34. The van der Waals surface area contributed by atoms with Gasteiger partial charge in [-0.15, -0.1) is 22.7 Å². The predicted molar refractivity (Wildman–Crippen MR) is 77.7 cm³/mol. The lowest BCUT2D eigenvalue weighted by Gasteiger charge is -1.99. The van der Waals surface area contributed by atoms with E-state index in [-0.39, 0.29) is 0 Å². The second-order valence-corrected chi connectivity index (χ2v) is 7.83. The van der Waals surface area contributed by atoms with E-state index in [1.165, 1.54) is 28.3 Å². The van der Waals surface area contributed by atoms with Crippen LogP contribution in [0.15, 0.2) is 15.9 Å². The summed E-state index contributed by atoms with van der Waals surface area (Å²) in [5.74, 6) is 0. The van der Waals surface area contributed by atoms with E-state index in [9.17, 15) is 0 Å². The average molecular weight is 329 g/mol. The Morgan fingerprint density at radius 1 is 1.41 bits per heavy atom. The molecule has 2 nitrogen and oxygen atoms in total. The fraction of sp³-hybridized carbons (Fsp3) is 0.417. The van der Waals surface area contributed by atoms with Gasteiger partial charge in [-0.2, -0.15) is 0 Å². The topological polar surface area (TPSA) is 24.9 Å². The van der Waals surface area contributed by atoms with Gasteiger partial charge in [0.15, 0.2) is 0 Å². The van der Waals surface area contributed by atoms with Gasteiger partial charge in [-0.05, 0) is 47.8 Å². The summed E-state index contributed by atoms with van der Waals surface area (Å²) in [6, 6.07) is 4.97. The van der Waals surface area contributed by atoms with Crippen molar-refractivity contribution in [1.82, 2.24) is 10.3 Å². The van der Waals surface area contributed by atoms with Gasteiger partial charge in [0.1, 0.15) is 5.01 Å². The van der Waals surface area contributed by atoms with E-state index in [4.69, 9.17) is 0 Å². The second kappa shape index (κ2) is 4.80. The Labute approximate surface area is 117 Å². The van der Waals surface area contributed by atoms with Crippen molar-refractivity contribution in [2.75, 3.05) is 0 Å². The number of nitrogens with zero attached hydrogens (tertiary/aromatic N) is 1. The summed E-state index contributed by atoms with van der Waals surface area (Å²) in [4.78, 5) is 7.28. The number of aromatic nitrogens is 1. The molecule has 0 unspecified atom stereocenters. The van der Waals surface area contributed by atoms with Gasteiger partial charge in [0.2, 0.25) is 0 Å². The summed E-state index contributed by atoms with van der Waals surface area (Å²) in [7, 11) is 0. The number of nitrogens with one attached hydrogen (secondary N) is 1. The molecule has 0 radical (unpaired) electrons. The average Bonchev–Trinajstić information content (AvgIpc) is 2.92. The van der Waals surface area contributed by atoms with Crippen LogP contribution in [0, 0.1) is 6.92 Å². The third-order valence-electron chi connectivity index (χ3n) is 2.81. The van der Waals surface area contributed by atoms with Crippen LogP contribution in [0.2, 0.25) is 0 Å². The van der Waals surface area contributed by atoms with Crippen molar-refractivity contribution in [2.45, 2.75) is 32.4 Å². The van der Waals surface area contributed by atoms with Crippen molar-refractivity contribution in [1.29, 1.82) is 0 Å². The molecule has 0 spiro atoms. The lowest BCUT2D eigenvalue weighted by molar-refractivity contribution is 0.691. The molecule has 0 atom stereocenters. The highest BCUT2D eigenvalue weighted by molar-refractivity contribution is 9.11. The van der Waals surface area contributed by atoms with E-state index in [2.05, 4.69) is 45.3 Å². The molecular weight excluding hydrogens is 316 g/mol. The summed E-state index contributed by atoms with van der Waals surface area (Å²) in [6.07, 6.45) is 2.67. The molecular formula is C12H13BrN2S2. The van der Waals surface area contributed by atoms with E-state index in [1.54, 1.807) is 11.3 Å². The standard InChI is InChI=1S/C12H13BrN2S2/c1-7-10(6-14-8-2-3-8)17-12(15-7)9-4-5-11(13)16-9/h4-5,8,14H,2-3,6H2,1H3. The third-order valence-corrected chi connectivity index (χ3v) is 5.76. The van der Waals surface area contributed by atoms with Gasteiger partial charge in [0.05, 0.1) is 14.4 Å². The molecule has 90 valence electrons. The molecule has 1 saturated carbocycles. The van der Waals surface area contributed by atoms with Crippen LogP contribution in [0.3, 0.4) is 0 Å². The van der Waals surface area contributed by atoms with Crippen LogP contribution in [-0.2, 0) is 6.54 Å². The normalized spacial score (nSPS) is 15.4. The van der Waals surface area contributed by atoms with Crippen molar-refractivity contribution in [3.63, 3.8) is 0 Å². The van der Waals surface area contributed by atoms with E-state index < -0.39 is 0 Å². The fourth-order valence-corrected chi connectivity index (χ4v) is 4.11. The number of thiophene rings is 1. The van der Waals surface area contributed by atoms with Crippen LogP contribution in [0.4, 0.5) is 0 Å². The minimum atomic E-state index is 0.760. The van der Waals surface area contributed by atoms with Crippen LogP contribution in [0.5, 0.6) is 0 Å². The molecule has 0 bridgehead atoms. The van der Waals surface area contributed by atoms with Crippen LogP contribution in [-0.4, -0.2) is 11.0 Å². The van der Waals surface area contributed by atoms with E-state index in [1.807, 2.05) is 11.3 Å². The Bertz CT molecular complexity index is 528. The van der Waals surface area contributed by atoms with Gasteiger partial charge in [0, 0.05) is 17.5 Å². The summed E-state index contributed by atoms with van der Waals surface area (Å²) in [6.45, 7) is 3.08. The van der Waals surface area contributed by atoms with Gasteiger partial charge in [-0.3, -0.25) is 0 Å². The molecule has 3 rings (SSSR count). The minimum absolute atomic E-state index is 0.760. The van der Waals surface area contributed by atoms with Gasteiger partial charge < -0.3 is 5.32 Å². The maximum absolute atomic E-state index is 4.66. The zero-order valence-corrected chi connectivity index (χ0v) is 12.7. The fourth-order valence-electron chi connectivity index (χ4n) is 1.65. The molecule has 1 N–H and O–H groups in total. The first-order chi connectivity index (χ1) is 8.22. The van der Waals surface area contributed by atoms with E-state index in [0.29, 0.717) is 0 Å². The molecule has 17 heavy (non-hydrogen) atoms. The Morgan fingerprint density at radius 3 is 2.88 bits per heavy atom. The van der Waals surface area contributed by atoms with Crippen molar-refractivity contribution in [2.24, 2.45) is 0 Å². The molecule has 0 aromatic carbocycles. The Morgan fingerprint density at radius 2 is 2.24 bits per heavy atom. The van der Waals surface area contributed by atoms with Gasteiger partial charge in [-0.25, -0.2) is 4.98 Å². The van der Waals surface area contributed by atoms with Crippen LogP contribution < -0.4 is 5.32 Å². The molecule has 0 saturated heterocycles. The smallest absolute Gasteiger partial charge is 0.133 e. The number of rotatable bonds is 4. The van der Waals surface area contributed by atoms with Crippen molar-refractivity contribution >= 4 is 38.6 Å². The molecule has 0 amide bonds. The largest absolute Gasteiger partial charge is 0.309 e. The maximum atomic E-state index is 4.66. The second-order valence-electron chi connectivity index (χ2n) is 4.29. The zero-order chi connectivity index (χ0) is 11.8. The lowest BCUT2D eigenvalue weighted by atomic mass is 10.4. The van der Waals surface area contributed by atoms with E-state index in [0.717, 1.165) is 21.4 Å². The maximum Gasteiger partial charge on any atom is 0.133 e. The quantitative estimate of drug-likeness (QED) is 0.909. The highest BCUT2D eigenvalue weighted by atomic mass is 79.9. The van der Waals surface area contributed by atoms with Crippen molar-refractivity contribution in [3.05, 3.63) is 26.5 Å². The molecule has 1 fully saturated rings. The molecule has 1 aliphatic rings. The first-order valence-electron chi connectivity index (χ1n) is 5.68. The molecule has 2 heterocycles. The molecule has 1 aliphatic carbocycles. The highest BCUT2D eigenvalue weighted by Crippen LogP contribution is 2.35. The molecule has 5 heteroatoms. The lowest BCUT2D eigenvalue weighted by Crippen LogP contribution is -2.14. The molecule has 0 aliphatic heterocycles. The number of aryl methyl sites for hydroxylation is 1. The third kappa shape index (κ3) is 2.78. The van der Waals surface area contributed by atoms with Gasteiger partial charge in [0.25, 0.3) is 0 Å². The first-order valence-corrected chi connectivity index (χ1v) is 8.10. The summed E-state index contributed by atoms with van der Waals surface area (Å²) in [5.41, 5.74) is 1.17. The van der Waals surface area contributed by atoms with Crippen LogP contribution in [0.25, 0.3) is 9.88 Å². The number of hydrogen-bond acceptors (Lipinski definition) is 4. The number of hydrogen-bond donors (Lipinski definition) is 1. The van der Waals surface area contributed by atoms with E-state index >= 15 is 0 Å². The summed E-state index contributed by atoms with van der Waals surface area (Å²) < 4.78 is 1.16. The number of halogens is 1. The van der Waals surface area contributed by atoms with Gasteiger partial charge >= 0.3 is 0 Å². The zero-order valence-electron chi connectivity index (χ0n) is 9.50. The Hall–Kier alpha value is -0.230. The summed E-state index contributed by atoms with van der Waals surface area (Å²) in [5, 5.41) is 4.69. The first kappa shape index (κ1) is 11.8. The SMILES string of the molecule is Cc1nc(-c2ccc(Br)s2)sc1CNC1CC1. The van der Waals surface area contributed by atoms with Crippen LogP contribution in [0.1, 0.15) is 23.4 Å².